The van der Waals surface area contributed by atoms with Crippen LogP contribution in [0.2, 0.25) is 0 Å². The molecule has 0 aliphatic rings. The molecular formula is C11H23N7OS. The van der Waals surface area contributed by atoms with E-state index in [9.17, 15) is 4.21 Å². The second-order valence-electron chi connectivity index (χ2n) is 4.38. The van der Waals surface area contributed by atoms with Crippen molar-refractivity contribution >= 4 is 28.6 Å². The number of nitrogen functional groups attached to an aromatic ring is 1. The van der Waals surface area contributed by atoms with Crippen molar-refractivity contribution in [3.05, 3.63) is 0 Å². The van der Waals surface area contributed by atoms with Gasteiger partial charge >= 0.3 is 0 Å². The molecule has 4 N–H and O–H groups in total. The summed E-state index contributed by atoms with van der Waals surface area (Å²) in [5.41, 5.74) is 2.44. The third-order valence-corrected chi connectivity index (χ3v) is 3.63. The van der Waals surface area contributed by atoms with Crippen molar-refractivity contribution in [2.45, 2.75) is 26.8 Å². The molecule has 0 aliphatic carbocycles. The summed E-state index contributed by atoms with van der Waals surface area (Å²) in [6, 6.07) is -0.00147. The van der Waals surface area contributed by atoms with Gasteiger partial charge in [0.15, 0.2) is 0 Å². The molecule has 0 saturated heterocycles. The number of hydrogen-bond donors (Lipinski definition) is 3. The highest BCUT2D eigenvalue weighted by molar-refractivity contribution is 7.84. The molecule has 0 bridgehead atoms. The lowest BCUT2D eigenvalue weighted by molar-refractivity contribution is 0.682. The van der Waals surface area contributed by atoms with E-state index < -0.39 is 10.8 Å². The van der Waals surface area contributed by atoms with E-state index in [2.05, 4.69) is 25.7 Å². The largest absolute Gasteiger partial charge is 0.351 e. The van der Waals surface area contributed by atoms with E-state index in [1.165, 1.54) is 0 Å². The molecule has 1 aromatic rings. The highest BCUT2D eigenvalue weighted by Crippen LogP contribution is 2.13. The molecule has 20 heavy (non-hydrogen) atoms. The average Bonchev–Trinajstić information content (AvgIpc) is 2.38. The Labute approximate surface area is 122 Å². The van der Waals surface area contributed by atoms with Crippen LogP contribution in [0.5, 0.6) is 0 Å². The fraction of sp³-hybridized carbons (Fsp3) is 0.727. The van der Waals surface area contributed by atoms with Crippen LogP contribution in [0.4, 0.5) is 17.8 Å². The molecule has 9 heteroatoms. The van der Waals surface area contributed by atoms with Gasteiger partial charge in [-0.3, -0.25) is 9.63 Å². The molecule has 1 rings (SSSR count). The molecule has 0 saturated carbocycles. The Morgan fingerprint density at radius 2 is 1.85 bits per heavy atom. The summed E-state index contributed by atoms with van der Waals surface area (Å²) >= 11 is 0. The third kappa shape index (κ3) is 4.89. The molecule has 8 nitrogen and oxygen atoms in total. The van der Waals surface area contributed by atoms with E-state index in [4.69, 9.17) is 5.84 Å². The molecule has 1 heterocycles. The lowest BCUT2D eigenvalue weighted by atomic mass is 10.4. The van der Waals surface area contributed by atoms with Crippen LogP contribution in [-0.2, 0) is 10.8 Å². The van der Waals surface area contributed by atoms with Crippen LogP contribution < -0.4 is 21.5 Å². The zero-order valence-electron chi connectivity index (χ0n) is 12.4. The highest BCUT2D eigenvalue weighted by atomic mass is 32.2. The van der Waals surface area contributed by atoms with Gasteiger partial charge in [0.05, 0.1) is 0 Å². The van der Waals surface area contributed by atoms with Crippen LogP contribution in [0, 0.1) is 0 Å². The van der Waals surface area contributed by atoms with Gasteiger partial charge in [0.25, 0.3) is 0 Å². The Morgan fingerprint density at radius 3 is 2.35 bits per heavy atom. The van der Waals surface area contributed by atoms with Crippen LogP contribution in [0.3, 0.4) is 0 Å². The van der Waals surface area contributed by atoms with E-state index in [0.717, 1.165) is 13.1 Å². The fourth-order valence-corrected chi connectivity index (χ4v) is 2.54. The molecule has 1 aromatic heterocycles. The third-order valence-electron chi connectivity index (χ3n) is 2.66. The normalized spacial score (nSPS) is 13.7. The van der Waals surface area contributed by atoms with Gasteiger partial charge in [0, 0.05) is 41.9 Å². The molecule has 0 amide bonds. The van der Waals surface area contributed by atoms with Crippen LogP contribution in [-0.4, -0.2) is 50.3 Å². The van der Waals surface area contributed by atoms with Gasteiger partial charge in [0.1, 0.15) is 0 Å². The number of anilines is 3. The maximum absolute atomic E-state index is 11.2. The van der Waals surface area contributed by atoms with E-state index in [0.29, 0.717) is 23.6 Å². The summed E-state index contributed by atoms with van der Waals surface area (Å²) in [6.07, 6.45) is 1.67. The lowest BCUT2D eigenvalue weighted by Gasteiger charge is -2.20. The number of nitrogens with one attached hydrogen (secondary N) is 2. The van der Waals surface area contributed by atoms with Gasteiger partial charge in [0.2, 0.25) is 17.8 Å². The molecule has 0 fully saturated rings. The molecule has 2 atom stereocenters. The molecule has 0 aromatic carbocycles. The number of hydrazine groups is 1. The van der Waals surface area contributed by atoms with Crippen molar-refractivity contribution in [2.24, 2.45) is 5.84 Å². The summed E-state index contributed by atoms with van der Waals surface area (Å²) in [7, 11) is -0.878. The van der Waals surface area contributed by atoms with Crippen molar-refractivity contribution in [1.29, 1.82) is 0 Å². The van der Waals surface area contributed by atoms with Crippen LogP contribution >= 0.6 is 0 Å². The van der Waals surface area contributed by atoms with Crippen LogP contribution in [0.1, 0.15) is 20.8 Å². The van der Waals surface area contributed by atoms with Crippen molar-refractivity contribution in [1.82, 2.24) is 15.0 Å². The van der Waals surface area contributed by atoms with Gasteiger partial charge in [-0.1, -0.05) is 0 Å². The number of aromatic nitrogens is 3. The first-order valence-electron chi connectivity index (χ1n) is 6.54. The quantitative estimate of drug-likeness (QED) is 0.461. The first kappa shape index (κ1) is 16.6. The average molecular weight is 301 g/mol. The molecule has 0 spiro atoms. The predicted molar refractivity (Wildman–Crippen MR) is 83.2 cm³/mol. The minimum atomic E-state index is -0.878. The predicted octanol–water partition coefficient (Wildman–Crippen LogP) is 0.182. The number of nitrogens with two attached hydrogens (primary N) is 1. The summed E-state index contributed by atoms with van der Waals surface area (Å²) in [5.74, 6) is 7.19. The second-order valence-corrected chi connectivity index (χ2v) is 5.86. The first-order valence-corrected chi connectivity index (χ1v) is 8.27. The van der Waals surface area contributed by atoms with Crippen molar-refractivity contribution in [3.8, 4) is 0 Å². The topological polar surface area (TPSA) is 109 Å². The summed E-state index contributed by atoms with van der Waals surface area (Å²) in [4.78, 5) is 14.7. The Kier molecular flexibility index (Phi) is 6.59. The maximum atomic E-state index is 11.2. The zero-order valence-corrected chi connectivity index (χ0v) is 13.2. The monoisotopic (exact) mass is 301 g/mol. The molecular weight excluding hydrogens is 278 g/mol. The SMILES string of the molecule is CCN(CC)c1nc(NN)nc(NC(C)CS(C)=O)n1. The van der Waals surface area contributed by atoms with E-state index in [1.807, 2.05) is 25.7 Å². The smallest absolute Gasteiger partial charge is 0.243 e. The summed E-state index contributed by atoms with van der Waals surface area (Å²) in [5, 5.41) is 3.11. The van der Waals surface area contributed by atoms with Crippen LogP contribution in [0.15, 0.2) is 0 Å². The van der Waals surface area contributed by atoms with Gasteiger partial charge in [-0.15, -0.1) is 0 Å². The van der Waals surface area contributed by atoms with Crippen molar-refractivity contribution in [3.63, 3.8) is 0 Å². The van der Waals surface area contributed by atoms with Gasteiger partial charge < -0.3 is 10.2 Å². The molecule has 114 valence electrons. The Balaban J connectivity index is 2.95. The first-order chi connectivity index (χ1) is 9.49. The Hall–Kier alpha value is -1.48. The second kappa shape index (κ2) is 7.95. The maximum Gasteiger partial charge on any atom is 0.243 e. The van der Waals surface area contributed by atoms with Crippen LogP contribution in [0.25, 0.3) is 0 Å². The molecule has 0 aliphatic heterocycles. The summed E-state index contributed by atoms with van der Waals surface area (Å²) < 4.78 is 11.2. The molecule has 2 unspecified atom stereocenters. The number of rotatable bonds is 8. The molecule has 0 radical (unpaired) electrons. The van der Waals surface area contributed by atoms with Gasteiger partial charge in [-0.05, 0) is 20.8 Å². The van der Waals surface area contributed by atoms with E-state index in [-0.39, 0.29) is 6.04 Å². The standard InChI is InChI=1S/C11H23N7OS/c1-5-18(6-2)11-15-9(14-10(16-11)17-12)13-8(3)7-20(4)19/h8H,5-7,12H2,1-4H3,(H2,13,14,15,16,17). The van der Waals surface area contributed by atoms with E-state index in [1.54, 1.807) is 6.26 Å². The van der Waals surface area contributed by atoms with Gasteiger partial charge in [-0.25, -0.2) is 5.84 Å². The minimum absolute atomic E-state index is 0.00147. The van der Waals surface area contributed by atoms with Gasteiger partial charge in [-0.2, -0.15) is 15.0 Å². The summed E-state index contributed by atoms with van der Waals surface area (Å²) in [6.45, 7) is 7.56. The lowest BCUT2D eigenvalue weighted by Crippen LogP contribution is -2.28. The number of hydrogen-bond acceptors (Lipinski definition) is 8. The number of nitrogens with zero attached hydrogens (tertiary/aromatic N) is 4. The van der Waals surface area contributed by atoms with Crippen molar-refractivity contribution in [2.75, 3.05) is 40.7 Å². The Bertz CT molecular complexity index is 452. The minimum Gasteiger partial charge on any atom is -0.351 e. The van der Waals surface area contributed by atoms with Crippen molar-refractivity contribution < 1.29 is 4.21 Å². The zero-order chi connectivity index (χ0) is 15.1. The highest BCUT2D eigenvalue weighted by Gasteiger charge is 2.12. The van der Waals surface area contributed by atoms with E-state index >= 15 is 0 Å². The Morgan fingerprint density at radius 1 is 1.25 bits per heavy atom. The fourth-order valence-electron chi connectivity index (χ4n) is 1.76.